The maximum atomic E-state index is 14.0. The molecule has 2 fully saturated rings. The first kappa shape index (κ1) is 22.1. The van der Waals surface area contributed by atoms with E-state index in [9.17, 15) is 22.0 Å². The smallest absolute Gasteiger partial charge is 0.399 e. The molecular weight excluding hydrogens is 387 g/mol. The Bertz CT molecular complexity index is 673. The molecule has 3 rings (SSSR count). The molecule has 2 saturated carbocycles. The molecule has 1 aromatic rings. The Morgan fingerprint density at radius 3 is 1.90 bits per heavy atom. The van der Waals surface area contributed by atoms with Gasteiger partial charge in [-0.15, -0.1) is 13.2 Å². The second-order valence-electron chi connectivity index (χ2n) is 8.56. The normalized spacial score (nSPS) is 28.6. The summed E-state index contributed by atoms with van der Waals surface area (Å²) >= 11 is 0. The minimum absolute atomic E-state index is 0.0128. The molecule has 0 bridgehead atoms. The van der Waals surface area contributed by atoms with Crippen molar-refractivity contribution in [3.05, 3.63) is 41.5 Å². The Balaban J connectivity index is 1.54. The number of ether oxygens (including phenoxy) is 1. The fourth-order valence-electron chi connectivity index (χ4n) is 5.18. The number of benzene rings is 1. The number of hydrogen-bond acceptors (Lipinski definition) is 1. The first-order valence-electron chi connectivity index (χ1n) is 10.6. The fraction of sp³-hybridized carbons (Fsp3) is 0.652. The Hall–Kier alpha value is -1.59. The Kier molecular flexibility index (Phi) is 7.23. The van der Waals surface area contributed by atoms with Crippen molar-refractivity contribution in [2.45, 2.75) is 77.0 Å². The van der Waals surface area contributed by atoms with Gasteiger partial charge in [-0.1, -0.05) is 12.2 Å². The average Bonchev–Trinajstić information content (AvgIpc) is 2.69. The van der Waals surface area contributed by atoms with Crippen molar-refractivity contribution < 1.29 is 26.7 Å². The molecule has 0 heterocycles. The number of halogens is 5. The summed E-state index contributed by atoms with van der Waals surface area (Å²) in [7, 11) is 0. The minimum atomic E-state index is -5.12. The molecule has 0 atom stereocenters. The van der Waals surface area contributed by atoms with Crippen LogP contribution in [-0.4, -0.2) is 6.36 Å². The quantitative estimate of drug-likeness (QED) is 0.350. The van der Waals surface area contributed by atoms with E-state index in [0.717, 1.165) is 49.7 Å². The zero-order chi connectivity index (χ0) is 21.0. The second kappa shape index (κ2) is 9.48. The number of rotatable bonds is 5. The summed E-state index contributed by atoms with van der Waals surface area (Å²) in [5.41, 5.74) is 0.433. The summed E-state index contributed by atoms with van der Waals surface area (Å²) in [6.07, 6.45) is 9.13. The molecule has 2 aliphatic rings. The number of hydrogen-bond donors (Lipinski definition) is 0. The van der Waals surface area contributed by atoms with Gasteiger partial charge in [0.05, 0.1) is 0 Å². The molecular formula is C23H29F5O. The zero-order valence-corrected chi connectivity index (χ0v) is 16.8. The summed E-state index contributed by atoms with van der Waals surface area (Å²) in [4.78, 5) is 0. The van der Waals surface area contributed by atoms with Crippen molar-refractivity contribution in [2.24, 2.45) is 17.8 Å². The maximum Gasteiger partial charge on any atom is 0.573 e. The molecule has 0 spiro atoms. The molecule has 1 aromatic carbocycles. The van der Waals surface area contributed by atoms with E-state index in [-0.39, 0.29) is 5.92 Å². The zero-order valence-electron chi connectivity index (χ0n) is 16.8. The Morgan fingerprint density at radius 1 is 0.897 bits per heavy atom. The fourth-order valence-corrected chi connectivity index (χ4v) is 5.18. The van der Waals surface area contributed by atoms with Gasteiger partial charge in [-0.25, -0.2) is 8.78 Å². The molecule has 2 aliphatic carbocycles. The Labute approximate surface area is 169 Å². The van der Waals surface area contributed by atoms with Crippen molar-refractivity contribution in [2.75, 3.05) is 0 Å². The molecule has 162 valence electrons. The van der Waals surface area contributed by atoms with Crippen LogP contribution in [0.5, 0.6) is 5.75 Å². The molecule has 0 saturated heterocycles. The van der Waals surface area contributed by atoms with Gasteiger partial charge < -0.3 is 4.74 Å². The molecule has 1 nitrogen and oxygen atoms in total. The highest BCUT2D eigenvalue weighted by Crippen LogP contribution is 2.45. The van der Waals surface area contributed by atoms with Crippen molar-refractivity contribution >= 4 is 0 Å². The van der Waals surface area contributed by atoms with Crippen LogP contribution in [0.3, 0.4) is 0 Å². The third-order valence-electron chi connectivity index (χ3n) is 6.74. The third-order valence-corrected chi connectivity index (χ3v) is 6.74. The van der Waals surface area contributed by atoms with Crippen LogP contribution >= 0.6 is 0 Å². The molecule has 0 aliphatic heterocycles. The topological polar surface area (TPSA) is 9.23 Å². The monoisotopic (exact) mass is 416 g/mol. The van der Waals surface area contributed by atoms with Crippen LogP contribution in [0.2, 0.25) is 0 Å². The van der Waals surface area contributed by atoms with Crippen LogP contribution in [0.4, 0.5) is 22.0 Å². The standard InChI is InChI=1S/C23H29F5O/c1-2-3-4-15-5-7-16(8-6-15)17-9-11-18(12-10-17)19-13-20(24)22(21(25)14-19)29-23(26,27)28/h2-3,13-18H,4-12H2,1H3. The SMILES string of the molecule is CC=CCC1CCC(C2CCC(c3cc(F)c(OC(F)(F)F)c(F)c3)CC2)CC1. The summed E-state index contributed by atoms with van der Waals surface area (Å²) in [5, 5.41) is 0. The third kappa shape index (κ3) is 5.95. The van der Waals surface area contributed by atoms with E-state index in [1.165, 1.54) is 32.1 Å². The summed E-state index contributed by atoms with van der Waals surface area (Å²) in [6.45, 7) is 2.05. The highest BCUT2D eigenvalue weighted by molar-refractivity contribution is 5.33. The van der Waals surface area contributed by atoms with Gasteiger partial charge in [0.15, 0.2) is 11.6 Å². The first-order valence-corrected chi connectivity index (χ1v) is 10.6. The van der Waals surface area contributed by atoms with Gasteiger partial charge >= 0.3 is 6.36 Å². The van der Waals surface area contributed by atoms with Crippen LogP contribution < -0.4 is 4.74 Å². The van der Waals surface area contributed by atoms with Gasteiger partial charge in [0.1, 0.15) is 0 Å². The van der Waals surface area contributed by atoms with Gasteiger partial charge in [-0.2, -0.15) is 0 Å². The van der Waals surface area contributed by atoms with Crippen molar-refractivity contribution in [1.29, 1.82) is 0 Å². The molecule has 0 aromatic heterocycles. The highest BCUT2D eigenvalue weighted by Gasteiger charge is 2.35. The average molecular weight is 416 g/mol. The van der Waals surface area contributed by atoms with E-state index in [0.29, 0.717) is 11.5 Å². The minimum Gasteiger partial charge on any atom is -0.399 e. The molecule has 6 heteroatoms. The van der Waals surface area contributed by atoms with E-state index < -0.39 is 23.7 Å². The van der Waals surface area contributed by atoms with Crippen molar-refractivity contribution in [1.82, 2.24) is 0 Å². The van der Waals surface area contributed by atoms with Gasteiger partial charge in [0.2, 0.25) is 5.75 Å². The molecule has 0 amide bonds. The van der Waals surface area contributed by atoms with E-state index in [1.807, 2.05) is 0 Å². The Morgan fingerprint density at radius 2 is 1.41 bits per heavy atom. The largest absolute Gasteiger partial charge is 0.573 e. The lowest BCUT2D eigenvalue weighted by Gasteiger charge is -2.38. The molecule has 29 heavy (non-hydrogen) atoms. The van der Waals surface area contributed by atoms with Crippen molar-refractivity contribution in [3.8, 4) is 5.75 Å². The summed E-state index contributed by atoms with van der Waals surface area (Å²) < 4.78 is 68.4. The van der Waals surface area contributed by atoms with Gasteiger partial charge in [0, 0.05) is 0 Å². The summed E-state index contributed by atoms with van der Waals surface area (Å²) in [6, 6.07) is 2.00. The van der Waals surface area contributed by atoms with Crippen LogP contribution in [0.25, 0.3) is 0 Å². The molecule has 0 unspecified atom stereocenters. The molecule has 0 radical (unpaired) electrons. The predicted octanol–water partition coefficient (Wildman–Crippen LogP) is 7.91. The first-order chi connectivity index (χ1) is 13.8. The lowest BCUT2D eigenvalue weighted by molar-refractivity contribution is -0.276. The summed E-state index contributed by atoms with van der Waals surface area (Å²) in [5.74, 6) is -1.80. The van der Waals surface area contributed by atoms with E-state index in [2.05, 4.69) is 23.8 Å². The lowest BCUT2D eigenvalue weighted by atomic mass is 9.68. The van der Waals surface area contributed by atoms with E-state index >= 15 is 0 Å². The van der Waals surface area contributed by atoms with E-state index in [4.69, 9.17) is 0 Å². The maximum absolute atomic E-state index is 14.0. The number of allylic oxidation sites excluding steroid dienone is 2. The van der Waals surface area contributed by atoms with Crippen LogP contribution in [-0.2, 0) is 0 Å². The lowest BCUT2D eigenvalue weighted by Crippen LogP contribution is -2.25. The number of alkyl halides is 3. The van der Waals surface area contributed by atoms with E-state index in [1.54, 1.807) is 0 Å². The highest BCUT2D eigenvalue weighted by atomic mass is 19.4. The van der Waals surface area contributed by atoms with Gasteiger partial charge in [0.25, 0.3) is 0 Å². The molecule has 0 N–H and O–H groups in total. The predicted molar refractivity (Wildman–Crippen MR) is 103 cm³/mol. The van der Waals surface area contributed by atoms with Crippen LogP contribution in [0.15, 0.2) is 24.3 Å². The second-order valence-corrected chi connectivity index (χ2v) is 8.56. The van der Waals surface area contributed by atoms with Gasteiger partial charge in [-0.05, 0) is 106 Å². The van der Waals surface area contributed by atoms with Crippen molar-refractivity contribution in [3.63, 3.8) is 0 Å². The van der Waals surface area contributed by atoms with Crippen LogP contribution in [0.1, 0.15) is 76.2 Å². The van der Waals surface area contributed by atoms with Crippen LogP contribution in [0, 0.1) is 29.4 Å². The van der Waals surface area contributed by atoms with Gasteiger partial charge in [-0.3, -0.25) is 0 Å².